The number of carboxylic acids is 1. The first-order valence-corrected chi connectivity index (χ1v) is 8.22. The van der Waals surface area contributed by atoms with Gasteiger partial charge in [0.25, 0.3) is 0 Å². The van der Waals surface area contributed by atoms with E-state index < -0.39 is 5.97 Å². The maximum Gasteiger partial charge on any atom is 0.339 e. The Labute approximate surface area is 149 Å². The van der Waals surface area contributed by atoms with Gasteiger partial charge in [-0.2, -0.15) is 0 Å². The molecular formula is C22H16O4. The Bertz CT molecular complexity index is 1160. The van der Waals surface area contributed by atoms with Crippen LogP contribution >= 0.6 is 0 Å². The number of rotatable bonds is 3. The van der Waals surface area contributed by atoms with Crippen LogP contribution in [0.3, 0.4) is 0 Å². The van der Waals surface area contributed by atoms with Crippen molar-refractivity contribution in [2.45, 2.75) is 6.42 Å². The van der Waals surface area contributed by atoms with Crippen LogP contribution in [0.5, 0.6) is 11.5 Å². The molecule has 0 amide bonds. The number of hydrogen-bond donors (Lipinski definition) is 3. The Hall–Kier alpha value is -3.53. The zero-order chi connectivity index (χ0) is 18.3. The van der Waals surface area contributed by atoms with Crippen molar-refractivity contribution in [3.05, 3.63) is 83.4 Å². The Morgan fingerprint density at radius 1 is 0.808 bits per heavy atom. The zero-order valence-corrected chi connectivity index (χ0v) is 13.8. The van der Waals surface area contributed by atoms with Gasteiger partial charge in [0.15, 0.2) is 0 Å². The Balaban J connectivity index is 1.98. The first-order valence-electron chi connectivity index (χ1n) is 8.22. The van der Waals surface area contributed by atoms with Crippen molar-refractivity contribution in [1.82, 2.24) is 0 Å². The molecule has 0 atom stereocenters. The standard InChI is InChI=1S/C22H16O4/c23-16-8-9-17-13(10-16)5-3-6-14(17)11-19-18-7-2-1-4-15(18)12-20(24)21(19)22(25)26/h1-10,12,23-24H,11H2,(H,25,26). The van der Waals surface area contributed by atoms with Crippen molar-refractivity contribution < 1.29 is 20.1 Å². The number of benzene rings is 4. The minimum atomic E-state index is -1.15. The highest BCUT2D eigenvalue weighted by molar-refractivity contribution is 6.01. The van der Waals surface area contributed by atoms with E-state index in [1.807, 2.05) is 48.5 Å². The Morgan fingerprint density at radius 3 is 2.35 bits per heavy atom. The molecule has 4 heteroatoms. The molecular weight excluding hydrogens is 328 g/mol. The van der Waals surface area contributed by atoms with Gasteiger partial charge in [0.05, 0.1) is 0 Å². The summed E-state index contributed by atoms with van der Waals surface area (Å²) in [6.45, 7) is 0. The average molecular weight is 344 g/mol. The second-order valence-electron chi connectivity index (χ2n) is 6.27. The number of hydrogen-bond acceptors (Lipinski definition) is 3. The highest BCUT2D eigenvalue weighted by Gasteiger charge is 2.19. The van der Waals surface area contributed by atoms with Crippen molar-refractivity contribution >= 4 is 27.5 Å². The predicted octanol–water partition coefficient (Wildman–Crippen LogP) is 4.69. The summed E-state index contributed by atoms with van der Waals surface area (Å²) in [6, 6.07) is 19.8. The molecule has 0 aromatic heterocycles. The molecule has 0 bridgehead atoms. The van der Waals surface area contributed by atoms with E-state index in [1.165, 1.54) is 6.07 Å². The van der Waals surface area contributed by atoms with E-state index in [4.69, 9.17) is 0 Å². The van der Waals surface area contributed by atoms with Gasteiger partial charge >= 0.3 is 5.97 Å². The van der Waals surface area contributed by atoms with Crippen LogP contribution in [0.1, 0.15) is 21.5 Å². The molecule has 4 nitrogen and oxygen atoms in total. The Kier molecular flexibility index (Phi) is 3.73. The second kappa shape index (κ2) is 6.08. The number of fused-ring (bicyclic) bond motifs is 2. The molecule has 0 heterocycles. The summed E-state index contributed by atoms with van der Waals surface area (Å²) in [5.41, 5.74) is 1.44. The van der Waals surface area contributed by atoms with E-state index in [9.17, 15) is 20.1 Å². The summed E-state index contributed by atoms with van der Waals surface area (Å²) in [7, 11) is 0. The minimum absolute atomic E-state index is 0.0699. The van der Waals surface area contributed by atoms with Crippen molar-refractivity contribution in [2.24, 2.45) is 0 Å². The molecule has 4 aromatic rings. The highest BCUT2D eigenvalue weighted by Crippen LogP contribution is 2.34. The smallest absolute Gasteiger partial charge is 0.339 e. The summed E-state index contributed by atoms with van der Waals surface area (Å²) in [5.74, 6) is -1.20. The van der Waals surface area contributed by atoms with Crippen LogP contribution in [-0.2, 0) is 6.42 Å². The van der Waals surface area contributed by atoms with Gasteiger partial charge in [0.2, 0.25) is 0 Å². The molecule has 4 aromatic carbocycles. The van der Waals surface area contributed by atoms with Gasteiger partial charge in [0.1, 0.15) is 17.1 Å². The fourth-order valence-electron chi connectivity index (χ4n) is 3.51. The summed E-state index contributed by atoms with van der Waals surface area (Å²) in [4.78, 5) is 11.8. The molecule has 0 radical (unpaired) electrons. The average Bonchev–Trinajstić information content (AvgIpc) is 2.61. The van der Waals surface area contributed by atoms with Gasteiger partial charge in [-0.25, -0.2) is 4.79 Å². The fraction of sp³-hybridized carbons (Fsp3) is 0.0455. The van der Waals surface area contributed by atoms with E-state index in [0.717, 1.165) is 27.1 Å². The maximum atomic E-state index is 11.8. The van der Waals surface area contributed by atoms with Crippen molar-refractivity contribution in [3.8, 4) is 11.5 Å². The van der Waals surface area contributed by atoms with Gasteiger partial charge < -0.3 is 15.3 Å². The molecule has 3 N–H and O–H groups in total. The fourth-order valence-corrected chi connectivity index (χ4v) is 3.51. The SMILES string of the molecule is O=C(O)c1c(O)cc2ccccc2c1Cc1cccc2cc(O)ccc12. The molecule has 0 spiro atoms. The quantitative estimate of drug-likeness (QED) is 0.504. The third-order valence-electron chi connectivity index (χ3n) is 4.67. The molecule has 128 valence electrons. The molecule has 0 aliphatic heterocycles. The van der Waals surface area contributed by atoms with Crippen molar-refractivity contribution in [3.63, 3.8) is 0 Å². The van der Waals surface area contributed by atoms with Crippen molar-refractivity contribution in [2.75, 3.05) is 0 Å². The number of carboxylic acid groups (broad SMARTS) is 1. The lowest BCUT2D eigenvalue weighted by Crippen LogP contribution is -2.05. The minimum Gasteiger partial charge on any atom is -0.508 e. The van der Waals surface area contributed by atoms with E-state index in [1.54, 1.807) is 12.1 Å². The van der Waals surface area contributed by atoms with E-state index in [0.29, 0.717) is 12.0 Å². The molecule has 0 saturated heterocycles. The van der Waals surface area contributed by atoms with Crippen LogP contribution in [-0.4, -0.2) is 21.3 Å². The predicted molar refractivity (Wildman–Crippen MR) is 101 cm³/mol. The number of aromatic hydroxyl groups is 2. The maximum absolute atomic E-state index is 11.8. The highest BCUT2D eigenvalue weighted by atomic mass is 16.4. The van der Waals surface area contributed by atoms with Crippen molar-refractivity contribution in [1.29, 1.82) is 0 Å². The second-order valence-corrected chi connectivity index (χ2v) is 6.27. The van der Waals surface area contributed by atoms with Crippen LogP contribution in [0, 0.1) is 0 Å². The topological polar surface area (TPSA) is 77.8 Å². The Morgan fingerprint density at radius 2 is 1.54 bits per heavy atom. The van der Waals surface area contributed by atoms with Gasteiger partial charge in [0, 0.05) is 0 Å². The van der Waals surface area contributed by atoms with Crippen LogP contribution in [0.25, 0.3) is 21.5 Å². The van der Waals surface area contributed by atoms with Crippen LogP contribution in [0.2, 0.25) is 0 Å². The van der Waals surface area contributed by atoms with E-state index in [-0.39, 0.29) is 17.1 Å². The van der Waals surface area contributed by atoms with Crippen LogP contribution in [0.4, 0.5) is 0 Å². The summed E-state index contributed by atoms with van der Waals surface area (Å²) in [6.07, 6.45) is 0.360. The summed E-state index contributed by atoms with van der Waals surface area (Å²) < 4.78 is 0. The number of phenolic OH excluding ortho intramolecular Hbond substituents is 1. The number of carbonyl (C=O) groups is 1. The summed E-state index contributed by atoms with van der Waals surface area (Å²) in [5, 5.41) is 33.0. The largest absolute Gasteiger partial charge is 0.508 e. The van der Waals surface area contributed by atoms with Crippen LogP contribution < -0.4 is 0 Å². The van der Waals surface area contributed by atoms with Gasteiger partial charge in [-0.05, 0) is 57.3 Å². The third kappa shape index (κ3) is 2.62. The van der Waals surface area contributed by atoms with Gasteiger partial charge in [-0.15, -0.1) is 0 Å². The number of aromatic carboxylic acids is 1. The van der Waals surface area contributed by atoms with Gasteiger partial charge in [-0.1, -0.05) is 48.5 Å². The summed E-state index contributed by atoms with van der Waals surface area (Å²) >= 11 is 0. The lowest BCUT2D eigenvalue weighted by atomic mass is 9.91. The van der Waals surface area contributed by atoms with E-state index in [2.05, 4.69) is 0 Å². The molecule has 26 heavy (non-hydrogen) atoms. The van der Waals surface area contributed by atoms with Crippen LogP contribution in [0.15, 0.2) is 66.7 Å². The molecule has 0 fully saturated rings. The zero-order valence-electron chi connectivity index (χ0n) is 13.8. The number of phenols is 2. The molecule has 0 saturated carbocycles. The van der Waals surface area contributed by atoms with Gasteiger partial charge in [-0.3, -0.25) is 0 Å². The molecule has 0 unspecified atom stereocenters. The monoisotopic (exact) mass is 344 g/mol. The molecule has 4 rings (SSSR count). The first-order chi connectivity index (χ1) is 12.5. The normalized spacial score (nSPS) is 11.1. The molecule has 0 aliphatic rings. The molecule has 0 aliphatic carbocycles. The lowest BCUT2D eigenvalue weighted by Gasteiger charge is -2.14. The first kappa shape index (κ1) is 16.0. The third-order valence-corrected chi connectivity index (χ3v) is 4.67. The van der Waals surface area contributed by atoms with E-state index >= 15 is 0 Å². The lowest BCUT2D eigenvalue weighted by molar-refractivity contribution is 0.0693.